The number of hydrogen-bond acceptors (Lipinski definition) is 3. The second-order valence-electron chi connectivity index (χ2n) is 5.34. The van der Waals surface area contributed by atoms with Crippen LogP contribution < -0.4 is 5.32 Å². The summed E-state index contributed by atoms with van der Waals surface area (Å²) in [6.45, 7) is 1.82. The maximum atomic E-state index is 12.4. The number of pyridine rings is 1. The summed E-state index contributed by atoms with van der Waals surface area (Å²) in [5, 5.41) is 11.6. The molecule has 0 saturated carbocycles. The lowest BCUT2D eigenvalue weighted by atomic mass is 10.1. The second-order valence-corrected chi connectivity index (χ2v) is 5.34. The first kappa shape index (κ1) is 15.4. The lowest BCUT2D eigenvalue weighted by Gasteiger charge is -2.09. The van der Waals surface area contributed by atoms with Gasteiger partial charge in [0.1, 0.15) is 0 Å². The van der Waals surface area contributed by atoms with Gasteiger partial charge in [0.05, 0.1) is 28.6 Å². The summed E-state index contributed by atoms with van der Waals surface area (Å²) in [5.74, 6) is -0.218. The standard InChI is InChI=1S/C20H15N3O/c1-14-18(11-12-19(22-14)16-5-3-2-4-6-16)20(24)23-17-9-7-15(13-21)8-10-17/h2-12H,1H3,(H,23,24). The third-order valence-electron chi connectivity index (χ3n) is 3.67. The van der Waals surface area contributed by atoms with Gasteiger partial charge in [-0.05, 0) is 43.3 Å². The molecular weight excluding hydrogens is 298 g/mol. The van der Waals surface area contributed by atoms with E-state index in [0.29, 0.717) is 22.5 Å². The normalized spacial score (nSPS) is 10.0. The molecule has 1 heterocycles. The van der Waals surface area contributed by atoms with Crippen LogP contribution in [0.25, 0.3) is 11.3 Å². The van der Waals surface area contributed by atoms with Crippen LogP contribution in [0.1, 0.15) is 21.6 Å². The molecule has 3 rings (SSSR count). The molecule has 1 amide bonds. The van der Waals surface area contributed by atoms with Gasteiger partial charge in [-0.2, -0.15) is 5.26 Å². The molecule has 116 valence electrons. The number of aryl methyl sites for hydroxylation is 1. The van der Waals surface area contributed by atoms with Crippen molar-refractivity contribution in [2.24, 2.45) is 0 Å². The zero-order valence-corrected chi connectivity index (χ0v) is 13.2. The highest BCUT2D eigenvalue weighted by Crippen LogP contribution is 2.19. The van der Waals surface area contributed by atoms with E-state index >= 15 is 0 Å². The molecule has 0 radical (unpaired) electrons. The summed E-state index contributed by atoms with van der Waals surface area (Å²) in [6.07, 6.45) is 0. The largest absolute Gasteiger partial charge is 0.322 e. The van der Waals surface area contributed by atoms with E-state index in [0.717, 1.165) is 11.3 Å². The molecule has 1 N–H and O–H groups in total. The third kappa shape index (κ3) is 3.31. The summed E-state index contributed by atoms with van der Waals surface area (Å²) in [7, 11) is 0. The number of carbonyl (C=O) groups excluding carboxylic acids is 1. The van der Waals surface area contributed by atoms with E-state index < -0.39 is 0 Å². The fourth-order valence-corrected chi connectivity index (χ4v) is 2.40. The van der Waals surface area contributed by atoms with Crippen molar-refractivity contribution in [3.8, 4) is 17.3 Å². The SMILES string of the molecule is Cc1nc(-c2ccccc2)ccc1C(=O)Nc1ccc(C#N)cc1. The molecule has 0 aliphatic rings. The molecule has 0 bridgehead atoms. The Morgan fingerprint density at radius 2 is 1.71 bits per heavy atom. The molecular formula is C20H15N3O. The Hall–Kier alpha value is -3.45. The van der Waals surface area contributed by atoms with Crippen molar-refractivity contribution in [2.45, 2.75) is 6.92 Å². The Morgan fingerprint density at radius 3 is 2.33 bits per heavy atom. The average molecular weight is 313 g/mol. The lowest BCUT2D eigenvalue weighted by Crippen LogP contribution is -2.14. The quantitative estimate of drug-likeness (QED) is 0.788. The minimum Gasteiger partial charge on any atom is -0.322 e. The highest BCUT2D eigenvalue weighted by Gasteiger charge is 2.11. The van der Waals surface area contributed by atoms with Crippen molar-refractivity contribution in [1.29, 1.82) is 5.26 Å². The first-order chi connectivity index (χ1) is 11.7. The molecule has 24 heavy (non-hydrogen) atoms. The van der Waals surface area contributed by atoms with Gasteiger partial charge in [0, 0.05) is 11.3 Å². The van der Waals surface area contributed by atoms with E-state index in [9.17, 15) is 4.79 Å². The predicted molar refractivity (Wildman–Crippen MR) is 93.5 cm³/mol. The van der Waals surface area contributed by atoms with Gasteiger partial charge in [0.2, 0.25) is 0 Å². The van der Waals surface area contributed by atoms with Crippen LogP contribution in [0.3, 0.4) is 0 Å². The Kier molecular flexibility index (Phi) is 4.35. The summed E-state index contributed by atoms with van der Waals surface area (Å²) < 4.78 is 0. The van der Waals surface area contributed by atoms with E-state index in [4.69, 9.17) is 5.26 Å². The number of aromatic nitrogens is 1. The van der Waals surface area contributed by atoms with Gasteiger partial charge in [0.25, 0.3) is 5.91 Å². The number of benzene rings is 2. The number of rotatable bonds is 3. The minimum atomic E-state index is -0.218. The predicted octanol–water partition coefficient (Wildman–Crippen LogP) is 4.18. The summed E-state index contributed by atoms with van der Waals surface area (Å²) in [5.41, 5.74) is 4.24. The van der Waals surface area contributed by atoms with Gasteiger partial charge in [-0.1, -0.05) is 30.3 Å². The Morgan fingerprint density at radius 1 is 1.00 bits per heavy atom. The van der Waals surface area contributed by atoms with E-state index in [2.05, 4.69) is 10.3 Å². The monoisotopic (exact) mass is 313 g/mol. The topological polar surface area (TPSA) is 65.8 Å². The third-order valence-corrected chi connectivity index (χ3v) is 3.67. The van der Waals surface area contributed by atoms with Crippen LogP contribution in [0.15, 0.2) is 66.7 Å². The van der Waals surface area contributed by atoms with Crippen molar-refractivity contribution in [2.75, 3.05) is 5.32 Å². The molecule has 0 unspecified atom stereocenters. The minimum absolute atomic E-state index is 0.218. The van der Waals surface area contributed by atoms with Crippen LogP contribution in [0, 0.1) is 18.3 Å². The molecule has 2 aromatic carbocycles. The van der Waals surface area contributed by atoms with Crippen molar-refractivity contribution in [3.05, 3.63) is 83.6 Å². The van der Waals surface area contributed by atoms with E-state index in [-0.39, 0.29) is 5.91 Å². The van der Waals surface area contributed by atoms with Gasteiger partial charge in [-0.3, -0.25) is 9.78 Å². The van der Waals surface area contributed by atoms with Gasteiger partial charge >= 0.3 is 0 Å². The second kappa shape index (κ2) is 6.76. The molecule has 0 aliphatic carbocycles. The first-order valence-corrected chi connectivity index (χ1v) is 7.52. The molecule has 0 spiro atoms. The van der Waals surface area contributed by atoms with Crippen molar-refractivity contribution in [1.82, 2.24) is 4.98 Å². The lowest BCUT2D eigenvalue weighted by molar-refractivity contribution is 0.102. The molecule has 4 nitrogen and oxygen atoms in total. The molecule has 0 fully saturated rings. The van der Waals surface area contributed by atoms with Crippen LogP contribution in [-0.4, -0.2) is 10.9 Å². The van der Waals surface area contributed by atoms with E-state index in [1.165, 1.54) is 0 Å². The molecule has 0 saturated heterocycles. The highest BCUT2D eigenvalue weighted by atomic mass is 16.1. The fourth-order valence-electron chi connectivity index (χ4n) is 2.40. The van der Waals surface area contributed by atoms with Crippen molar-refractivity contribution in [3.63, 3.8) is 0 Å². The maximum absolute atomic E-state index is 12.4. The van der Waals surface area contributed by atoms with Gasteiger partial charge in [-0.25, -0.2) is 0 Å². The van der Waals surface area contributed by atoms with Crippen LogP contribution in [0.2, 0.25) is 0 Å². The van der Waals surface area contributed by atoms with Crippen molar-refractivity contribution >= 4 is 11.6 Å². The number of nitrogens with one attached hydrogen (secondary N) is 1. The fraction of sp³-hybridized carbons (Fsp3) is 0.0500. The molecule has 4 heteroatoms. The summed E-state index contributed by atoms with van der Waals surface area (Å²) in [6, 6.07) is 22.3. The number of hydrogen-bond donors (Lipinski definition) is 1. The Labute approximate surface area is 140 Å². The average Bonchev–Trinajstić information content (AvgIpc) is 2.63. The Bertz CT molecular complexity index is 910. The van der Waals surface area contributed by atoms with E-state index in [1.54, 1.807) is 30.3 Å². The number of carbonyl (C=O) groups is 1. The summed E-state index contributed by atoms with van der Waals surface area (Å²) in [4.78, 5) is 17.0. The number of nitriles is 1. The smallest absolute Gasteiger partial charge is 0.257 e. The number of anilines is 1. The first-order valence-electron chi connectivity index (χ1n) is 7.52. The number of nitrogens with zero attached hydrogens (tertiary/aromatic N) is 2. The van der Waals surface area contributed by atoms with Gasteiger partial charge in [0.15, 0.2) is 0 Å². The summed E-state index contributed by atoms with van der Waals surface area (Å²) >= 11 is 0. The molecule has 3 aromatic rings. The van der Waals surface area contributed by atoms with E-state index in [1.807, 2.05) is 49.4 Å². The van der Waals surface area contributed by atoms with Gasteiger partial charge < -0.3 is 5.32 Å². The van der Waals surface area contributed by atoms with Crippen LogP contribution in [0.4, 0.5) is 5.69 Å². The Balaban J connectivity index is 1.81. The van der Waals surface area contributed by atoms with Gasteiger partial charge in [-0.15, -0.1) is 0 Å². The molecule has 1 aromatic heterocycles. The van der Waals surface area contributed by atoms with Crippen LogP contribution in [-0.2, 0) is 0 Å². The molecule has 0 atom stereocenters. The highest BCUT2D eigenvalue weighted by molar-refractivity contribution is 6.05. The van der Waals surface area contributed by atoms with Crippen LogP contribution in [0.5, 0.6) is 0 Å². The maximum Gasteiger partial charge on any atom is 0.257 e. The van der Waals surface area contributed by atoms with Crippen molar-refractivity contribution < 1.29 is 4.79 Å². The number of amides is 1. The zero-order chi connectivity index (χ0) is 16.9. The molecule has 0 aliphatic heterocycles. The zero-order valence-electron chi connectivity index (χ0n) is 13.2. The van der Waals surface area contributed by atoms with Crippen LogP contribution >= 0.6 is 0 Å².